The van der Waals surface area contributed by atoms with Gasteiger partial charge in [0, 0.05) is 26.6 Å². The molecule has 4 atom stereocenters. The van der Waals surface area contributed by atoms with E-state index < -0.39 is 47.4 Å². The number of benzene rings is 1. The SMILES string of the molecule is C=C(C)C1C[C@H](OC(=O)OC(C)(C)C)[C@H](CC(Cc2ccc(OC)c(OCCCOC)c2)C(C)C)N(C(=O)OC(C)(C)C)C1=O. The molecule has 1 fully saturated rings. The summed E-state index contributed by atoms with van der Waals surface area (Å²) in [4.78, 5) is 41.7. The lowest BCUT2D eigenvalue weighted by molar-refractivity contribution is -0.148. The van der Waals surface area contributed by atoms with Crippen molar-refractivity contribution in [2.24, 2.45) is 17.8 Å². The van der Waals surface area contributed by atoms with E-state index in [9.17, 15) is 14.4 Å². The second-order valence-corrected chi connectivity index (χ2v) is 14.1. The van der Waals surface area contributed by atoms with E-state index in [1.165, 1.54) is 0 Å². The van der Waals surface area contributed by atoms with Crippen molar-refractivity contribution in [3.05, 3.63) is 35.9 Å². The largest absolute Gasteiger partial charge is 0.509 e. The van der Waals surface area contributed by atoms with Gasteiger partial charge in [0.1, 0.15) is 17.3 Å². The number of imide groups is 1. The molecule has 0 bridgehead atoms. The van der Waals surface area contributed by atoms with Crippen LogP contribution in [0.15, 0.2) is 30.4 Å². The van der Waals surface area contributed by atoms with Crippen molar-refractivity contribution in [1.29, 1.82) is 0 Å². The predicted molar refractivity (Wildman–Crippen MR) is 173 cm³/mol. The first-order valence-corrected chi connectivity index (χ1v) is 15.8. The number of hydrogen-bond acceptors (Lipinski definition) is 9. The van der Waals surface area contributed by atoms with Crippen molar-refractivity contribution in [3.63, 3.8) is 0 Å². The molecule has 1 aliphatic heterocycles. The zero-order chi connectivity index (χ0) is 34.1. The second-order valence-electron chi connectivity index (χ2n) is 14.1. The summed E-state index contributed by atoms with van der Waals surface area (Å²) in [6.45, 7) is 21.5. The standard InChI is InChI=1S/C35H55NO9/c1-22(2)25(18-24-14-15-28(41-12)30(19-24)42-17-13-16-40-11)20-27-29(43-33(39)45-35(8,9)10)21-26(23(3)4)31(37)36(27)32(38)44-34(5,6)7/h14-15,19,22,25-27,29H,3,13,16-18,20-21H2,1-2,4-12H3/t25?,26?,27-,29-/m0/s1. The molecule has 1 saturated heterocycles. The normalized spacial score (nSPS) is 19.6. The first-order chi connectivity index (χ1) is 20.9. The van der Waals surface area contributed by atoms with E-state index in [0.717, 1.165) is 16.9 Å². The number of nitrogens with zero attached hydrogens (tertiary/aromatic N) is 1. The number of likely N-dealkylation sites (tertiary alicyclic amines) is 1. The third kappa shape index (κ3) is 11.9. The van der Waals surface area contributed by atoms with Crippen LogP contribution in [0.1, 0.15) is 87.1 Å². The fraction of sp³-hybridized carbons (Fsp3) is 0.686. The third-order valence-corrected chi connectivity index (χ3v) is 7.55. The van der Waals surface area contributed by atoms with Gasteiger partial charge in [0.15, 0.2) is 11.5 Å². The van der Waals surface area contributed by atoms with Gasteiger partial charge in [0.2, 0.25) is 5.91 Å². The Balaban J connectivity index is 2.50. The lowest BCUT2D eigenvalue weighted by Crippen LogP contribution is -2.60. The lowest BCUT2D eigenvalue weighted by atomic mass is 9.78. The topological polar surface area (TPSA) is 110 Å². The Morgan fingerprint density at radius 1 is 1.00 bits per heavy atom. The molecule has 2 unspecified atom stereocenters. The summed E-state index contributed by atoms with van der Waals surface area (Å²) in [6.07, 6.45) is -0.559. The first kappa shape index (κ1) is 37.9. The monoisotopic (exact) mass is 633 g/mol. The summed E-state index contributed by atoms with van der Waals surface area (Å²) < 4.78 is 33.8. The van der Waals surface area contributed by atoms with Crippen LogP contribution in [0.5, 0.6) is 11.5 Å². The molecule has 10 heteroatoms. The fourth-order valence-corrected chi connectivity index (χ4v) is 5.27. The van der Waals surface area contributed by atoms with Gasteiger partial charge in [-0.05, 0) is 90.8 Å². The molecule has 0 radical (unpaired) electrons. The molecule has 0 aromatic heterocycles. The van der Waals surface area contributed by atoms with Crippen LogP contribution in [0, 0.1) is 17.8 Å². The van der Waals surface area contributed by atoms with E-state index in [1.54, 1.807) is 62.7 Å². The minimum absolute atomic E-state index is 0.0198. The molecule has 1 aromatic rings. The van der Waals surface area contributed by atoms with E-state index in [2.05, 4.69) is 20.4 Å². The van der Waals surface area contributed by atoms with Crippen LogP contribution in [-0.2, 0) is 30.2 Å². The molecule has 1 aromatic carbocycles. The van der Waals surface area contributed by atoms with Gasteiger partial charge in [-0.15, -0.1) is 0 Å². The summed E-state index contributed by atoms with van der Waals surface area (Å²) in [5.41, 5.74) is -0.0544. The van der Waals surface area contributed by atoms with E-state index in [-0.39, 0.29) is 18.3 Å². The summed E-state index contributed by atoms with van der Waals surface area (Å²) in [7, 11) is 3.25. The number of methoxy groups -OCH3 is 2. The number of piperidine rings is 1. The Labute approximate surface area is 269 Å². The van der Waals surface area contributed by atoms with E-state index in [1.807, 2.05) is 18.2 Å². The minimum Gasteiger partial charge on any atom is -0.493 e. The summed E-state index contributed by atoms with van der Waals surface area (Å²) >= 11 is 0. The molecule has 1 heterocycles. The van der Waals surface area contributed by atoms with Gasteiger partial charge in [0.05, 0.1) is 25.7 Å². The van der Waals surface area contributed by atoms with Crippen molar-refractivity contribution in [2.45, 2.75) is 111 Å². The zero-order valence-electron chi connectivity index (χ0n) is 29.2. The predicted octanol–water partition coefficient (Wildman–Crippen LogP) is 7.36. The van der Waals surface area contributed by atoms with Crippen LogP contribution < -0.4 is 9.47 Å². The van der Waals surface area contributed by atoms with Gasteiger partial charge < -0.3 is 28.4 Å². The summed E-state index contributed by atoms with van der Waals surface area (Å²) in [5, 5.41) is 0. The van der Waals surface area contributed by atoms with Crippen molar-refractivity contribution >= 4 is 18.2 Å². The van der Waals surface area contributed by atoms with Crippen LogP contribution in [0.3, 0.4) is 0 Å². The first-order valence-electron chi connectivity index (χ1n) is 15.8. The average molecular weight is 634 g/mol. The Morgan fingerprint density at radius 3 is 2.18 bits per heavy atom. The molecule has 1 aliphatic rings. The van der Waals surface area contributed by atoms with Crippen molar-refractivity contribution in [2.75, 3.05) is 27.4 Å². The Bertz CT molecular complexity index is 1160. The fourth-order valence-electron chi connectivity index (χ4n) is 5.27. The highest BCUT2D eigenvalue weighted by Gasteiger charge is 2.49. The number of carbonyl (C=O) groups is 3. The van der Waals surface area contributed by atoms with Gasteiger partial charge in [-0.3, -0.25) is 4.79 Å². The quantitative estimate of drug-likeness (QED) is 0.125. The van der Waals surface area contributed by atoms with Crippen molar-refractivity contribution in [3.8, 4) is 11.5 Å². The van der Waals surface area contributed by atoms with E-state index in [0.29, 0.717) is 43.1 Å². The van der Waals surface area contributed by atoms with Crippen LogP contribution >= 0.6 is 0 Å². The number of hydrogen-bond donors (Lipinski definition) is 0. The molecule has 2 rings (SSSR count). The zero-order valence-corrected chi connectivity index (χ0v) is 29.2. The molecular weight excluding hydrogens is 578 g/mol. The maximum atomic E-state index is 13.9. The van der Waals surface area contributed by atoms with Gasteiger partial charge >= 0.3 is 12.2 Å². The Kier molecular flexibility index (Phi) is 13.8. The van der Waals surface area contributed by atoms with E-state index in [4.69, 9.17) is 28.4 Å². The maximum absolute atomic E-state index is 13.9. The molecule has 0 N–H and O–H groups in total. The van der Waals surface area contributed by atoms with Gasteiger partial charge in [0.25, 0.3) is 0 Å². The molecule has 0 aliphatic carbocycles. The van der Waals surface area contributed by atoms with Crippen LogP contribution in [0.25, 0.3) is 0 Å². The molecule has 45 heavy (non-hydrogen) atoms. The highest BCUT2D eigenvalue weighted by molar-refractivity contribution is 5.96. The molecule has 2 amide bonds. The lowest BCUT2D eigenvalue weighted by Gasteiger charge is -2.44. The Morgan fingerprint density at radius 2 is 1.64 bits per heavy atom. The van der Waals surface area contributed by atoms with Gasteiger partial charge in [-0.2, -0.15) is 0 Å². The molecule has 0 spiro atoms. The van der Waals surface area contributed by atoms with Crippen LogP contribution in [-0.4, -0.2) is 73.8 Å². The molecule has 0 saturated carbocycles. The molecular formula is C35H55NO9. The van der Waals surface area contributed by atoms with Crippen molar-refractivity contribution < 1.29 is 42.8 Å². The summed E-state index contributed by atoms with van der Waals surface area (Å²) in [6, 6.07) is 5.04. The summed E-state index contributed by atoms with van der Waals surface area (Å²) in [5.74, 6) is 0.251. The average Bonchev–Trinajstić information content (AvgIpc) is 2.89. The number of rotatable bonds is 13. The smallest absolute Gasteiger partial charge is 0.493 e. The molecule has 10 nitrogen and oxygen atoms in total. The number of carbonyl (C=O) groups excluding carboxylic acids is 3. The van der Waals surface area contributed by atoms with Crippen LogP contribution in [0.2, 0.25) is 0 Å². The maximum Gasteiger partial charge on any atom is 0.509 e. The third-order valence-electron chi connectivity index (χ3n) is 7.55. The number of amides is 2. The minimum atomic E-state index is -0.858. The highest BCUT2D eigenvalue weighted by atomic mass is 16.7. The van der Waals surface area contributed by atoms with Crippen molar-refractivity contribution in [1.82, 2.24) is 4.90 Å². The Hall–Kier alpha value is -3.27. The second kappa shape index (κ2) is 16.3. The van der Waals surface area contributed by atoms with Gasteiger partial charge in [-0.1, -0.05) is 32.1 Å². The van der Waals surface area contributed by atoms with E-state index >= 15 is 0 Å². The number of ether oxygens (including phenoxy) is 6. The van der Waals surface area contributed by atoms with Gasteiger partial charge in [-0.25, -0.2) is 14.5 Å². The highest BCUT2D eigenvalue weighted by Crippen LogP contribution is 2.37. The molecule has 254 valence electrons. The van der Waals surface area contributed by atoms with Crippen LogP contribution in [0.4, 0.5) is 9.59 Å².